The Morgan fingerprint density at radius 2 is 1.72 bits per heavy atom. The van der Waals surface area contributed by atoms with Gasteiger partial charge in [-0.2, -0.15) is 4.31 Å². The van der Waals surface area contributed by atoms with E-state index < -0.39 is 10.0 Å². The van der Waals surface area contributed by atoms with E-state index in [1.807, 2.05) is 64.3 Å². The molecule has 0 unspecified atom stereocenters. The van der Waals surface area contributed by atoms with E-state index in [1.165, 1.54) is 21.2 Å². The van der Waals surface area contributed by atoms with Crippen LogP contribution < -0.4 is 5.32 Å². The second kappa shape index (κ2) is 9.94. The molecule has 0 saturated heterocycles. The van der Waals surface area contributed by atoms with E-state index in [4.69, 9.17) is 0 Å². The van der Waals surface area contributed by atoms with Gasteiger partial charge in [0.2, 0.25) is 15.9 Å². The van der Waals surface area contributed by atoms with Crippen molar-refractivity contribution in [3.05, 3.63) is 64.2 Å². The minimum atomic E-state index is -3.62. The van der Waals surface area contributed by atoms with Crippen molar-refractivity contribution in [1.29, 1.82) is 0 Å². The van der Waals surface area contributed by atoms with Crippen molar-refractivity contribution in [3.8, 4) is 10.6 Å². The Kier molecular flexibility index (Phi) is 7.48. The second-order valence-electron chi connectivity index (χ2n) is 7.74. The highest BCUT2D eigenvalue weighted by Gasteiger charge is 2.23. The maximum atomic E-state index is 13.0. The van der Waals surface area contributed by atoms with Crippen molar-refractivity contribution in [2.24, 2.45) is 0 Å². The van der Waals surface area contributed by atoms with Gasteiger partial charge in [-0.05, 0) is 44.0 Å². The molecule has 0 atom stereocenters. The summed E-state index contributed by atoms with van der Waals surface area (Å²) in [6.45, 7) is 10.2. The predicted molar refractivity (Wildman–Crippen MR) is 131 cm³/mol. The summed E-state index contributed by atoms with van der Waals surface area (Å²) in [6, 6.07) is 11.3. The number of rotatable bonds is 8. The number of sulfonamides is 1. The van der Waals surface area contributed by atoms with Gasteiger partial charge in [0.1, 0.15) is 5.01 Å². The topological polar surface area (TPSA) is 79.4 Å². The van der Waals surface area contributed by atoms with E-state index in [-0.39, 0.29) is 17.2 Å². The fourth-order valence-electron chi connectivity index (χ4n) is 3.39. The second-order valence-corrected chi connectivity index (χ2v) is 10.5. The number of aromatic nitrogens is 1. The Bertz CT molecular complexity index is 1210. The molecule has 0 radical (unpaired) electrons. The molecule has 170 valence electrons. The van der Waals surface area contributed by atoms with Crippen molar-refractivity contribution < 1.29 is 13.2 Å². The molecule has 3 rings (SSSR count). The van der Waals surface area contributed by atoms with E-state index in [2.05, 4.69) is 10.3 Å². The smallest absolute Gasteiger partial charge is 0.243 e. The summed E-state index contributed by atoms with van der Waals surface area (Å²) < 4.78 is 27.3. The molecule has 32 heavy (non-hydrogen) atoms. The lowest BCUT2D eigenvalue weighted by molar-refractivity contribution is -0.115. The van der Waals surface area contributed by atoms with Gasteiger partial charge in [-0.15, -0.1) is 11.3 Å². The number of aryl methyl sites for hydroxylation is 2. The van der Waals surface area contributed by atoms with Crippen LogP contribution in [0.4, 0.5) is 5.69 Å². The molecule has 0 saturated carbocycles. The van der Waals surface area contributed by atoms with Gasteiger partial charge in [0.25, 0.3) is 0 Å². The van der Waals surface area contributed by atoms with Crippen LogP contribution in [0.25, 0.3) is 10.6 Å². The summed E-state index contributed by atoms with van der Waals surface area (Å²) in [5.74, 6) is -0.231. The summed E-state index contributed by atoms with van der Waals surface area (Å²) in [7, 11) is -3.62. The van der Waals surface area contributed by atoms with Crippen LogP contribution in [0.2, 0.25) is 0 Å². The van der Waals surface area contributed by atoms with Crippen LogP contribution >= 0.6 is 11.3 Å². The Morgan fingerprint density at radius 3 is 2.34 bits per heavy atom. The van der Waals surface area contributed by atoms with Crippen molar-refractivity contribution in [1.82, 2.24) is 9.29 Å². The molecule has 0 aliphatic rings. The Hall–Kier alpha value is -2.55. The van der Waals surface area contributed by atoms with Gasteiger partial charge in [0, 0.05) is 29.7 Å². The SMILES string of the molecule is CCN(CC)S(=O)(=O)c1cc(C)c(C)c(NC(=O)Cc2csc(-c3ccc(C)cc3)n2)c1. The van der Waals surface area contributed by atoms with Gasteiger partial charge in [-0.25, -0.2) is 13.4 Å². The molecule has 1 heterocycles. The fourth-order valence-corrected chi connectivity index (χ4v) is 5.79. The molecule has 1 aromatic heterocycles. The first-order chi connectivity index (χ1) is 15.1. The molecular formula is C24H29N3O3S2. The maximum Gasteiger partial charge on any atom is 0.243 e. The number of nitrogens with zero attached hydrogens (tertiary/aromatic N) is 2. The summed E-state index contributed by atoms with van der Waals surface area (Å²) in [4.78, 5) is 17.5. The molecule has 1 amide bonds. The first kappa shape index (κ1) is 24.1. The highest BCUT2D eigenvalue weighted by Crippen LogP contribution is 2.27. The molecule has 2 aromatic carbocycles. The average molecular weight is 472 g/mol. The van der Waals surface area contributed by atoms with Crippen LogP contribution in [0, 0.1) is 20.8 Å². The standard InChI is InChI=1S/C24H29N3O3S2/c1-6-27(7-2)32(29,30)21-12-17(4)18(5)22(14-21)26-23(28)13-20-15-31-24(25-20)19-10-8-16(3)9-11-19/h8-12,14-15H,6-7,13H2,1-5H3,(H,26,28). The summed E-state index contributed by atoms with van der Waals surface area (Å²) in [5, 5.41) is 5.64. The molecule has 6 nitrogen and oxygen atoms in total. The lowest BCUT2D eigenvalue weighted by atomic mass is 10.1. The largest absolute Gasteiger partial charge is 0.325 e. The number of amides is 1. The number of carbonyl (C=O) groups is 1. The molecule has 3 aromatic rings. The van der Waals surface area contributed by atoms with Gasteiger partial charge < -0.3 is 5.32 Å². The molecule has 8 heteroatoms. The quantitative estimate of drug-likeness (QED) is 0.504. The van der Waals surface area contributed by atoms with Crippen LogP contribution in [0.5, 0.6) is 0 Å². The van der Waals surface area contributed by atoms with Crippen molar-refractivity contribution in [2.75, 3.05) is 18.4 Å². The van der Waals surface area contributed by atoms with Crippen molar-refractivity contribution in [3.63, 3.8) is 0 Å². The van der Waals surface area contributed by atoms with E-state index >= 15 is 0 Å². The Morgan fingerprint density at radius 1 is 1.06 bits per heavy atom. The third-order valence-corrected chi connectivity index (χ3v) is 8.42. The van der Waals surface area contributed by atoms with Crippen LogP contribution in [0.15, 0.2) is 46.7 Å². The van der Waals surface area contributed by atoms with Crippen LogP contribution in [-0.4, -0.2) is 36.7 Å². The van der Waals surface area contributed by atoms with Crippen molar-refractivity contribution >= 4 is 33.0 Å². The third-order valence-electron chi connectivity index (χ3n) is 5.45. The summed E-state index contributed by atoms with van der Waals surface area (Å²) >= 11 is 1.50. The number of nitrogens with one attached hydrogen (secondary N) is 1. The van der Waals surface area contributed by atoms with Gasteiger partial charge in [-0.3, -0.25) is 4.79 Å². The molecule has 1 N–H and O–H groups in total. The highest BCUT2D eigenvalue weighted by molar-refractivity contribution is 7.89. The summed E-state index contributed by atoms with van der Waals surface area (Å²) in [5.41, 5.74) is 5.05. The van der Waals surface area contributed by atoms with Gasteiger partial charge in [-0.1, -0.05) is 43.7 Å². The highest BCUT2D eigenvalue weighted by atomic mass is 32.2. The zero-order valence-corrected chi connectivity index (χ0v) is 20.7. The van der Waals surface area contributed by atoms with E-state index in [0.29, 0.717) is 24.5 Å². The third kappa shape index (κ3) is 5.26. The van der Waals surface area contributed by atoms with Gasteiger partial charge in [0.15, 0.2) is 0 Å². The number of carbonyl (C=O) groups excluding carboxylic acids is 1. The van der Waals surface area contributed by atoms with E-state index in [0.717, 1.165) is 21.7 Å². The monoisotopic (exact) mass is 471 g/mol. The first-order valence-electron chi connectivity index (χ1n) is 10.6. The first-order valence-corrected chi connectivity index (χ1v) is 12.9. The van der Waals surface area contributed by atoms with Crippen LogP contribution in [0.3, 0.4) is 0 Å². The Labute approximate surface area is 194 Å². The number of benzene rings is 2. The zero-order chi connectivity index (χ0) is 23.5. The number of hydrogen-bond donors (Lipinski definition) is 1. The molecular weight excluding hydrogens is 442 g/mol. The molecule has 0 spiro atoms. The van der Waals surface area contributed by atoms with E-state index in [1.54, 1.807) is 12.1 Å². The number of thiazole rings is 1. The number of anilines is 1. The van der Waals surface area contributed by atoms with E-state index in [9.17, 15) is 13.2 Å². The predicted octanol–water partition coefficient (Wildman–Crippen LogP) is 4.95. The fraction of sp³-hybridized carbons (Fsp3) is 0.333. The average Bonchev–Trinajstić information content (AvgIpc) is 3.20. The molecule has 0 fully saturated rings. The van der Waals surface area contributed by atoms with Gasteiger partial charge >= 0.3 is 0 Å². The lowest BCUT2D eigenvalue weighted by Gasteiger charge is -2.20. The van der Waals surface area contributed by atoms with Gasteiger partial charge in [0.05, 0.1) is 17.0 Å². The van der Waals surface area contributed by atoms with Crippen LogP contribution in [-0.2, 0) is 21.2 Å². The molecule has 0 bridgehead atoms. The zero-order valence-electron chi connectivity index (χ0n) is 19.1. The minimum Gasteiger partial charge on any atom is -0.325 e. The molecule has 0 aliphatic heterocycles. The normalized spacial score (nSPS) is 11.7. The minimum absolute atomic E-state index is 0.119. The Balaban J connectivity index is 1.79. The summed E-state index contributed by atoms with van der Waals surface area (Å²) in [6.07, 6.45) is 0.119. The lowest BCUT2D eigenvalue weighted by Crippen LogP contribution is -2.30. The maximum absolute atomic E-state index is 13.0. The van der Waals surface area contributed by atoms with Crippen LogP contribution in [0.1, 0.15) is 36.2 Å². The number of hydrogen-bond acceptors (Lipinski definition) is 5. The van der Waals surface area contributed by atoms with Crippen molar-refractivity contribution in [2.45, 2.75) is 45.9 Å². The molecule has 0 aliphatic carbocycles.